The standard InChI is InChI=1S/C16H28N2O5/c1-8-11(18-15(21)23-16(4,5)6)13(19)17-12(9-10(2)3)14(20)22-7/h8,10,12H,9H2,1-7H3,(H,17,19)(H,18,21)/b11-8-/t12-/m0/s1. The van der Waals surface area contributed by atoms with E-state index in [-0.39, 0.29) is 11.6 Å². The Labute approximate surface area is 137 Å². The molecule has 0 spiro atoms. The normalized spacial score (nSPS) is 13.3. The van der Waals surface area contributed by atoms with E-state index in [0.29, 0.717) is 6.42 Å². The summed E-state index contributed by atoms with van der Waals surface area (Å²) >= 11 is 0. The van der Waals surface area contributed by atoms with Crippen molar-refractivity contribution in [2.45, 2.75) is 59.6 Å². The van der Waals surface area contributed by atoms with Gasteiger partial charge in [0.1, 0.15) is 17.3 Å². The molecule has 0 saturated carbocycles. The number of nitrogens with one attached hydrogen (secondary N) is 2. The molecule has 0 rings (SSSR count). The Kier molecular flexibility index (Phi) is 8.35. The summed E-state index contributed by atoms with van der Waals surface area (Å²) in [6.07, 6.45) is 1.13. The van der Waals surface area contributed by atoms with E-state index in [4.69, 9.17) is 4.74 Å². The zero-order valence-electron chi connectivity index (χ0n) is 15.0. The first kappa shape index (κ1) is 20.9. The number of ether oxygens (including phenoxy) is 2. The van der Waals surface area contributed by atoms with Crippen molar-refractivity contribution >= 4 is 18.0 Å². The van der Waals surface area contributed by atoms with E-state index in [9.17, 15) is 14.4 Å². The van der Waals surface area contributed by atoms with E-state index >= 15 is 0 Å². The van der Waals surface area contributed by atoms with Gasteiger partial charge in [-0.25, -0.2) is 9.59 Å². The van der Waals surface area contributed by atoms with Gasteiger partial charge in [0.2, 0.25) is 0 Å². The summed E-state index contributed by atoms with van der Waals surface area (Å²) in [5.74, 6) is -0.915. The van der Waals surface area contributed by atoms with Crippen LogP contribution in [0.5, 0.6) is 0 Å². The van der Waals surface area contributed by atoms with Gasteiger partial charge in [-0.15, -0.1) is 0 Å². The van der Waals surface area contributed by atoms with Crippen LogP contribution >= 0.6 is 0 Å². The van der Waals surface area contributed by atoms with Crippen LogP contribution < -0.4 is 10.6 Å². The zero-order chi connectivity index (χ0) is 18.2. The van der Waals surface area contributed by atoms with Crippen molar-refractivity contribution in [3.05, 3.63) is 11.8 Å². The second-order valence-corrected chi connectivity index (χ2v) is 6.51. The van der Waals surface area contributed by atoms with Crippen LogP contribution in [-0.4, -0.2) is 36.7 Å². The van der Waals surface area contributed by atoms with Crippen LogP contribution in [-0.2, 0) is 19.1 Å². The smallest absolute Gasteiger partial charge is 0.412 e. The summed E-state index contributed by atoms with van der Waals surface area (Å²) in [6, 6.07) is -0.775. The second kappa shape index (κ2) is 9.17. The fraction of sp³-hybridized carbons (Fsp3) is 0.688. The van der Waals surface area contributed by atoms with Crippen molar-refractivity contribution in [2.24, 2.45) is 5.92 Å². The van der Waals surface area contributed by atoms with Gasteiger partial charge in [0.25, 0.3) is 5.91 Å². The topological polar surface area (TPSA) is 93.7 Å². The molecule has 0 saturated heterocycles. The van der Waals surface area contributed by atoms with E-state index in [2.05, 4.69) is 15.4 Å². The molecule has 0 aliphatic carbocycles. The molecule has 7 nitrogen and oxygen atoms in total. The average molecular weight is 328 g/mol. The third-order valence-corrected chi connectivity index (χ3v) is 2.67. The number of carbonyl (C=O) groups excluding carboxylic acids is 3. The Morgan fingerprint density at radius 2 is 1.74 bits per heavy atom. The predicted molar refractivity (Wildman–Crippen MR) is 86.5 cm³/mol. The predicted octanol–water partition coefficient (Wildman–Crippen LogP) is 2.12. The molecule has 1 atom stereocenters. The van der Waals surface area contributed by atoms with Crippen molar-refractivity contribution < 1.29 is 23.9 Å². The lowest BCUT2D eigenvalue weighted by molar-refractivity contribution is -0.145. The number of allylic oxidation sites excluding steroid dienone is 1. The molecule has 0 heterocycles. The molecule has 132 valence electrons. The van der Waals surface area contributed by atoms with Gasteiger partial charge in [0.05, 0.1) is 7.11 Å². The van der Waals surface area contributed by atoms with Crippen LogP contribution in [0.4, 0.5) is 4.79 Å². The number of methoxy groups -OCH3 is 1. The van der Waals surface area contributed by atoms with Gasteiger partial charge in [0, 0.05) is 0 Å². The SMILES string of the molecule is C/C=C(\NC(=O)OC(C)(C)C)C(=O)N[C@@H](CC(C)C)C(=O)OC. The Bertz CT molecular complexity index is 464. The minimum atomic E-state index is -0.775. The molecule has 0 aromatic carbocycles. The van der Waals surface area contributed by atoms with E-state index in [0.717, 1.165) is 0 Å². The van der Waals surface area contributed by atoms with Gasteiger partial charge in [0.15, 0.2) is 0 Å². The molecule has 2 amide bonds. The number of carbonyl (C=O) groups is 3. The molecule has 0 aliphatic heterocycles. The molecular formula is C16H28N2O5. The van der Waals surface area contributed by atoms with Gasteiger partial charge in [-0.05, 0) is 40.0 Å². The maximum absolute atomic E-state index is 12.2. The van der Waals surface area contributed by atoms with Crippen molar-refractivity contribution in [1.82, 2.24) is 10.6 Å². The second-order valence-electron chi connectivity index (χ2n) is 6.51. The minimum Gasteiger partial charge on any atom is -0.467 e. The van der Waals surface area contributed by atoms with Gasteiger partial charge < -0.3 is 14.8 Å². The minimum absolute atomic E-state index is 0.0110. The Morgan fingerprint density at radius 3 is 2.13 bits per heavy atom. The third-order valence-electron chi connectivity index (χ3n) is 2.67. The average Bonchev–Trinajstić information content (AvgIpc) is 2.40. The van der Waals surface area contributed by atoms with Crippen molar-refractivity contribution in [3.63, 3.8) is 0 Å². The van der Waals surface area contributed by atoms with Crippen LogP contribution in [0.25, 0.3) is 0 Å². The summed E-state index contributed by atoms with van der Waals surface area (Å²) in [7, 11) is 1.26. The molecule has 0 unspecified atom stereocenters. The highest BCUT2D eigenvalue weighted by Crippen LogP contribution is 2.09. The summed E-state index contributed by atoms with van der Waals surface area (Å²) in [4.78, 5) is 35.7. The molecule has 0 bridgehead atoms. The lowest BCUT2D eigenvalue weighted by Gasteiger charge is -2.22. The number of alkyl carbamates (subject to hydrolysis) is 1. The highest BCUT2D eigenvalue weighted by molar-refractivity contribution is 5.98. The molecule has 0 aliphatic rings. The summed E-state index contributed by atoms with van der Waals surface area (Å²) < 4.78 is 9.79. The van der Waals surface area contributed by atoms with Gasteiger partial charge >= 0.3 is 12.1 Å². The Balaban J connectivity index is 4.87. The monoisotopic (exact) mass is 328 g/mol. The van der Waals surface area contributed by atoms with Gasteiger partial charge in [-0.1, -0.05) is 19.9 Å². The largest absolute Gasteiger partial charge is 0.467 e. The molecule has 7 heteroatoms. The lowest BCUT2D eigenvalue weighted by Crippen LogP contribution is -2.46. The summed E-state index contributed by atoms with van der Waals surface area (Å²) in [5, 5.41) is 4.94. The quantitative estimate of drug-likeness (QED) is 0.575. The van der Waals surface area contributed by atoms with Crippen molar-refractivity contribution in [1.29, 1.82) is 0 Å². The van der Waals surface area contributed by atoms with E-state index < -0.39 is 29.6 Å². The highest BCUT2D eigenvalue weighted by atomic mass is 16.6. The van der Waals surface area contributed by atoms with Crippen LogP contribution in [0.3, 0.4) is 0 Å². The summed E-state index contributed by atoms with van der Waals surface area (Å²) in [6.45, 7) is 10.6. The highest BCUT2D eigenvalue weighted by Gasteiger charge is 2.25. The summed E-state index contributed by atoms with van der Waals surface area (Å²) in [5.41, 5.74) is -0.664. The lowest BCUT2D eigenvalue weighted by atomic mass is 10.0. The first-order valence-electron chi connectivity index (χ1n) is 7.55. The maximum Gasteiger partial charge on any atom is 0.412 e. The van der Waals surface area contributed by atoms with E-state index in [1.54, 1.807) is 27.7 Å². The molecule has 0 aromatic heterocycles. The van der Waals surface area contributed by atoms with Crippen LogP contribution in [0.1, 0.15) is 48.0 Å². The van der Waals surface area contributed by atoms with Crippen LogP contribution in [0, 0.1) is 5.92 Å². The fourth-order valence-corrected chi connectivity index (χ4v) is 1.74. The van der Waals surface area contributed by atoms with E-state index in [1.807, 2.05) is 13.8 Å². The number of hydrogen-bond donors (Lipinski definition) is 2. The first-order chi connectivity index (χ1) is 10.5. The Hall–Kier alpha value is -2.05. The van der Waals surface area contributed by atoms with Crippen molar-refractivity contribution in [3.8, 4) is 0 Å². The zero-order valence-corrected chi connectivity index (χ0v) is 15.0. The fourth-order valence-electron chi connectivity index (χ4n) is 1.74. The van der Waals surface area contributed by atoms with E-state index in [1.165, 1.54) is 13.2 Å². The van der Waals surface area contributed by atoms with Gasteiger partial charge in [-0.3, -0.25) is 10.1 Å². The Morgan fingerprint density at radius 1 is 1.17 bits per heavy atom. The number of esters is 1. The molecule has 0 fully saturated rings. The van der Waals surface area contributed by atoms with Crippen LogP contribution in [0.15, 0.2) is 11.8 Å². The number of rotatable bonds is 6. The molecule has 0 radical (unpaired) electrons. The molecule has 23 heavy (non-hydrogen) atoms. The number of amides is 2. The molecular weight excluding hydrogens is 300 g/mol. The first-order valence-corrected chi connectivity index (χ1v) is 7.55. The van der Waals surface area contributed by atoms with Crippen LogP contribution in [0.2, 0.25) is 0 Å². The molecule has 2 N–H and O–H groups in total. The molecule has 0 aromatic rings. The van der Waals surface area contributed by atoms with Gasteiger partial charge in [-0.2, -0.15) is 0 Å². The maximum atomic E-state index is 12.2. The number of hydrogen-bond acceptors (Lipinski definition) is 5. The van der Waals surface area contributed by atoms with Crippen molar-refractivity contribution in [2.75, 3.05) is 7.11 Å². The third kappa shape index (κ3) is 8.85.